The molecule has 1 atom stereocenters. The summed E-state index contributed by atoms with van der Waals surface area (Å²) in [6.07, 6.45) is 0. The Balaban J connectivity index is 1.59. The van der Waals surface area contributed by atoms with E-state index in [0.29, 0.717) is 5.25 Å². The number of amidine groups is 1. The second-order valence-corrected chi connectivity index (χ2v) is 7.38. The first-order chi connectivity index (χ1) is 8.25. The maximum Gasteiger partial charge on any atom is 0.156 e. The zero-order valence-corrected chi connectivity index (χ0v) is 12.4. The van der Waals surface area contributed by atoms with E-state index >= 15 is 0 Å². The molecule has 0 amide bonds. The molecule has 2 heterocycles. The van der Waals surface area contributed by atoms with E-state index < -0.39 is 0 Å². The molecule has 3 nitrogen and oxygen atoms in total. The van der Waals surface area contributed by atoms with Crippen molar-refractivity contribution in [1.29, 1.82) is 0 Å². The van der Waals surface area contributed by atoms with Crippen LogP contribution in [-0.4, -0.2) is 59.5 Å². The summed E-state index contributed by atoms with van der Waals surface area (Å²) < 4.78 is 0. The number of nitrogens with one attached hydrogen (secondary N) is 1. The van der Waals surface area contributed by atoms with Crippen molar-refractivity contribution in [2.45, 2.75) is 19.1 Å². The summed E-state index contributed by atoms with van der Waals surface area (Å²) in [5, 5.41) is 5.32. The molecular formula is C12H23N3S2. The van der Waals surface area contributed by atoms with Crippen LogP contribution < -0.4 is 5.32 Å². The topological polar surface area (TPSA) is 27.6 Å². The first-order valence-electron chi connectivity index (χ1n) is 6.51. The molecule has 1 saturated heterocycles. The van der Waals surface area contributed by atoms with Crippen LogP contribution in [-0.2, 0) is 0 Å². The molecule has 2 rings (SSSR count). The monoisotopic (exact) mass is 273 g/mol. The van der Waals surface area contributed by atoms with Crippen molar-refractivity contribution in [3.8, 4) is 0 Å². The lowest BCUT2D eigenvalue weighted by molar-refractivity contribution is 0.307. The molecular weight excluding hydrogens is 250 g/mol. The lowest BCUT2D eigenvalue weighted by Crippen LogP contribution is -2.38. The second-order valence-electron chi connectivity index (χ2n) is 4.93. The molecule has 0 aliphatic carbocycles. The van der Waals surface area contributed by atoms with E-state index in [0.717, 1.165) is 30.7 Å². The van der Waals surface area contributed by atoms with Gasteiger partial charge in [-0.15, -0.1) is 0 Å². The predicted octanol–water partition coefficient (Wildman–Crippen LogP) is 1.75. The van der Waals surface area contributed by atoms with Crippen molar-refractivity contribution in [2.75, 3.05) is 44.2 Å². The van der Waals surface area contributed by atoms with Gasteiger partial charge in [0.25, 0.3) is 0 Å². The van der Waals surface area contributed by atoms with E-state index in [2.05, 4.69) is 40.8 Å². The number of hydrogen-bond donors (Lipinski definition) is 1. The van der Waals surface area contributed by atoms with E-state index in [1.54, 1.807) is 0 Å². The zero-order chi connectivity index (χ0) is 12.1. The Morgan fingerprint density at radius 1 is 1.41 bits per heavy atom. The number of rotatable bonds is 4. The quantitative estimate of drug-likeness (QED) is 0.844. The van der Waals surface area contributed by atoms with E-state index in [4.69, 9.17) is 0 Å². The fourth-order valence-corrected chi connectivity index (χ4v) is 4.00. The summed E-state index contributed by atoms with van der Waals surface area (Å²) in [6.45, 7) is 10.3. The standard InChI is InChI=1S/C12H23N3S2/c1-10(2)11-9-14-12(17-11)13-3-4-15-5-7-16-8-6-15/h10-11H,3-9H2,1-2H3,(H,13,14). The highest BCUT2D eigenvalue weighted by molar-refractivity contribution is 8.14. The summed E-state index contributed by atoms with van der Waals surface area (Å²) in [7, 11) is 0. The molecule has 98 valence electrons. The molecule has 0 radical (unpaired) electrons. The van der Waals surface area contributed by atoms with E-state index in [1.807, 2.05) is 11.8 Å². The minimum atomic E-state index is 0.684. The fraction of sp³-hybridized carbons (Fsp3) is 0.917. The first-order valence-corrected chi connectivity index (χ1v) is 8.54. The Labute approximate surface area is 113 Å². The molecule has 5 heteroatoms. The number of hydrogen-bond acceptors (Lipinski definition) is 5. The van der Waals surface area contributed by atoms with Gasteiger partial charge in [-0.05, 0) is 5.92 Å². The highest BCUT2D eigenvalue weighted by Crippen LogP contribution is 2.25. The Morgan fingerprint density at radius 2 is 2.18 bits per heavy atom. The Morgan fingerprint density at radius 3 is 2.82 bits per heavy atom. The third-order valence-corrected chi connectivity index (χ3v) is 5.66. The molecule has 1 N–H and O–H groups in total. The van der Waals surface area contributed by atoms with Crippen molar-refractivity contribution in [1.82, 2.24) is 10.2 Å². The van der Waals surface area contributed by atoms with Gasteiger partial charge in [0.1, 0.15) is 0 Å². The summed E-state index contributed by atoms with van der Waals surface area (Å²) >= 11 is 3.99. The number of nitrogens with zero attached hydrogens (tertiary/aromatic N) is 2. The van der Waals surface area contributed by atoms with E-state index in [-0.39, 0.29) is 0 Å². The summed E-state index contributed by atoms with van der Waals surface area (Å²) in [4.78, 5) is 7.11. The minimum Gasteiger partial charge on any atom is -0.364 e. The van der Waals surface area contributed by atoms with Crippen molar-refractivity contribution < 1.29 is 0 Å². The van der Waals surface area contributed by atoms with Gasteiger partial charge in [-0.3, -0.25) is 9.89 Å². The molecule has 17 heavy (non-hydrogen) atoms. The van der Waals surface area contributed by atoms with Crippen LogP contribution in [0.25, 0.3) is 0 Å². The van der Waals surface area contributed by atoms with Crippen molar-refractivity contribution in [2.24, 2.45) is 10.9 Å². The second kappa shape index (κ2) is 6.90. The molecule has 1 fully saturated rings. The van der Waals surface area contributed by atoms with Gasteiger partial charge in [0.05, 0.1) is 6.54 Å². The summed E-state index contributed by atoms with van der Waals surface area (Å²) in [6, 6.07) is 0. The van der Waals surface area contributed by atoms with Gasteiger partial charge < -0.3 is 5.32 Å². The van der Waals surface area contributed by atoms with Crippen LogP contribution in [0.3, 0.4) is 0 Å². The van der Waals surface area contributed by atoms with Crippen LogP contribution in [0, 0.1) is 5.92 Å². The maximum absolute atomic E-state index is 4.57. The third kappa shape index (κ3) is 4.38. The Hall–Kier alpha value is 0.130. The third-order valence-electron chi connectivity index (χ3n) is 3.23. The van der Waals surface area contributed by atoms with Crippen LogP contribution in [0.2, 0.25) is 0 Å². The molecule has 0 aromatic heterocycles. The van der Waals surface area contributed by atoms with Crippen molar-refractivity contribution >= 4 is 28.7 Å². The molecule has 0 aromatic carbocycles. The van der Waals surface area contributed by atoms with Crippen LogP contribution in [0.1, 0.15) is 13.8 Å². The number of thioether (sulfide) groups is 2. The van der Waals surface area contributed by atoms with Gasteiger partial charge >= 0.3 is 0 Å². The minimum absolute atomic E-state index is 0.684. The van der Waals surface area contributed by atoms with Gasteiger partial charge in [0.2, 0.25) is 0 Å². The Kier molecular flexibility index (Phi) is 5.50. The summed E-state index contributed by atoms with van der Waals surface area (Å²) in [5.74, 6) is 3.32. The average Bonchev–Trinajstić information content (AvgIpc) is 2.79. The highest BCUT2D eigenvalue weighted by Gasteiger charge is 2.22. The molecule has 0 bridgehead atoms. The normalized spacial score (nSPS) is 26.3. The molecule has 0 aromatic rings. The molecule has 0 spiro atoms. The first kappa shape index (κ1) is 13.6. The molecule has 2 aliphatic rings. The maximum atomic E-state index is 4.57. The van der Waals surface area contributed by atoms with Crippen molar-refractivity contribution in [3.05, 3.63) is 0 Å². The van der Waals surface area contributed by atoms with Gasteiger partial charge in [0.15, 0.2) is 5.17 Å². The van der Waals surface area contributed by atoms with Gasteiger partial charge in [-0.25, -0.2) is 0 Å². The van der Waals surface area contributed by atoms with Gasteiger partial charge in [-0.1, -0.05) is 25.6 Å². The lowest BCUT2D eigenvalue weighted by atomic mass is 10.1. The van der Waals surface area contributed by atoms with Gasteiger partial charge in [0, 0.05) is 42.9 Å². The Bertz CT molecular complexity index is 262. The van der Waals surface area contributed by atoms with Crippen LogP contribution >= 0.6 is 23.5 Å². The van der Waals surface area contributed by atoms with Gasteiger partial charge in [-0.2, -0.15) is 11.8 Å². The largest absolute Gasteiger partial charge is 0.364 e. The highest BCUT2D eigenvalue weighted by atomic mass is 32.2. The van der Waals surface area contributed by atoms with Crippen LogP contribution in [0.4, 0.5) is 0 Å². The molecule has 2 aliphatic heterocycles. The fourth-order valence-electron chi connectivity index (χ4n) is 1.98. The lowest BCUT2D eigenvalue weighted by Gasteiger charge is -2.26. The zero-order valence-electron chi connectivity index (χ0n) is 10.8. The SMILES string of the molecule is CC(C)C1CN=C(NCCN2CCSCC2)S1. The molecule has 1 unspecified atom stereocenters. The van der Waals surface area contributed by atoms with Crippen molar-refractivity contribution in [3.63, 3.8) is 0 Å². The van der Waals surface area contributed by atoms with Crippen LogP contribution in [0.5, 0.6) is 0 Å². The number of aliphatic imine (C=N–C) groups is 1. The van der Waals surface area contributed by atoms with E-state index in [1.165, 1.54) is 24.6 Å². The van der Waals surface area contributed by atoms with Crippen LogP contribution in [0.15, 0.2) is 4.99 Å². The van der Waals surface area contributed by atoms with E-state index in [9.17, 15) is 0 Å². The smallest absolute Gasteiger partial charge is 0.156 e. The summed E-state index contributed by atoms with van der Waals surface area (Å²) in [5.41, 5.74) is 0. The average molecular weight is 273 g/mol. The molecule has 0 saturated carbocycles. The predicted molar refractivity (Wildman–Crippen MR) is 80.3 cm³/mol.